The van der Waals surface area contributed by atoms with Crippen LogP contribution in [0.5, 0.6) is 0 Å². The molecule has 0 aliphatic carbocycles. The summed E-state index contributed by atoms with van der Waals surface area (Å²) in [5.41, 5.74) is 6.31. The van der Waals surface area contributed by atoms with Crippen LogP contribution in [0.1, 0.15) is 24.3 Å². The van der Waals surface area contributed by atoms with Crippen LogP contribution in [0.25, 0.3) is 0 Å². The van der Waals surface area contributed by atoms with Crippen molar-refractivity contribution in [3.05, 3.63) is 17.5 Å². The number of hydrogen-bond acceptors (Lipinski definition) is 4. The van der Waals surface area contributed by atoms with Crippen molar-refractivity contribution in [3.8, 4) is 0 Å². The van der Waals surface area contributed by atoms with Crippen molar-refractivity contribution in [2.45, 2.75) is 31.8 Å². The summed E-state index contributed by atoms with van der Waals surface area (Å²) in [5.74, 6) is 0.962. The highest BCUT2D eigenvalue weighted by Crippen LogP contribution is 2.19. The van der Waals surface area contributed by atoms with Gasteiger partial charge in [0.15, 0.2) is 0 Å². The molecule has 1 fully saturated rings. The molecular weight excluding hydrogens is 178 g/mol. The number of nitrogens with two attached hydrogens (primary N) is 1. The first kappa shape index (κ1) is 9.68. The lowest BCUT2D eigenvalue weighted by Crippen LogP contribution is -2.26. The maximum absolute atomic E-state index is 5.47. The minimum atomic E-state index is 0.462. The molecule has 1 aromatic heterocycles. The van der Waals surface area contributed by atoms with Gasteiger partial charge in [-0.05, 0) is 26.4 Å². The number of rotatable bonds is 3. The van der Waals surface area contributed by atoms with Crippen LogP contribution < -0.4 is 5.73 Å². The van der Waals surface area contributed by atoms with E-state index in [1.807, 2.05) is 6.07 Å². The van der Waals surface area contributed by atoms with Gasteiger partial charge >= 0.3 is 0 Å². The van der Waals surface area contributed by atoms with Crippen LogP contribution in [-0.4, -0.2) is 29.7 Å². The quantitative estimate of drug-likeness (QED) is 0.774. The zero-order valence-electron chi connectivity index (χ0n) is 8.57. The molecule has 1 saturated heterocycles. The Balaban J connectivity index is 1.96. The Hall–Kier alpha value is -0.870. The van der Waals surface area contributed by atoms with E-state index in [4.69, 9.17) is 10.3 Å². The molecule has 0 amide bonds. The summed E-state index contributed by atoms with van der Waals surface area (Å²) in [6, 6.07) is 2.58. The summed E-state index contributed by atoms with van der Waals surface area (Å²) in [4.78, 5) is 2.38. The van der Waals surface area contributed by atoms with E-state index >= 15 is 0 Å². The second-order valence-corrected chi connectivity index (χ2v) is 3.97. The first-order valence-electron chi connectivity index (χ1n) is 5.14. The molecule has 1 aliphatic rings. The molecule has 0 saturated carbocycles. The van der Waals surface area contributed by atoms with Gasteiger partial charge in [0.05, 0.1) is 5.69 Å². The molecule has 0 aromatic carbocycles. The minimum Gasteiger partial charge on any atom is -0.361 e. The summed E-state index contributed by atoms with van der Waals surface area (Å²) < 4.78 is 5.21. The molecule has 1 unspecified atom stereocenters. The lowest BCUT2D eigenvalue weighted by Gasteiger charge is -2.17. The molecule has 4 nitrogen and oxygen atoms in total. The van der Waals surface area contributed by atoms with E-state index in [0.717, 1.165) is 17.9 Å². The van der Waals surface area contributed by atoms with Crippen molar-refractivity contribution in [2.75, 3.05) is 13.6 Å². The van der Waals surface area contributed by atoms with Crippen molar-refractivity contribution in [1.29, 1.82) is 0 Å². The summed E-state index contributed by atoms with van der Waals surface area (Å²) in [6.45, 7) is 1.66. The highest BCUT2D eigenvalue weighted by atomic mass is 16.5. The van der Waals surface area contributed by atoms with Crippen LogP contribution in [0.15, 0.2) is 10.6 Å². The number of nitrogens with zero attached hydrogens (tertiary/aromatic N) is 2. The number of likely N-dealkylation sites (N-methyl/N-ethyl adjacent to an activating group) is 1. The van der Waals surface area contributed by atoms with Crippen LogP contribution in [-0.2, 0) is 13.0 Å². The second-order valence-electron chi connectivity index (χ2n) is 3.97. The van der Waals surface area contributed by atoms with Gasteiger partial charge in [-0.2, -0.15) is 0 Å². The van der Waals surface area contributed by atoms with Crippen LogP contribution in [0.3, 0.4) is 0 Å². The van der Waals surface area contributed by atoms with Crippen molar-refractivity contribution in [2.24, 2.45) is 5.73 Å². The second kappa shape index (κ2) is 4.11. The third-order valence-electron chi connectivity index (χ3n) is 2.93. The summed E-state index contributed by atoms with van der Waals surface area (Å²) in [5, 5.41) is 3.88. The number of aromatic nitrogens is 1. The van der Waals surface area contributed by atoms with E-state index in [0.29, 0.717) is 12.6 Å². The fourth-order valence-corrected chi connectivity index (χ4v) is 2.02. The average Bonchev–Trinajstić information content (AvgIpc) is 2.77. The highest BCUT2D eigenvalue weighted by molar-refractivity contribution is 5.06. The lowest BCUT2D eigenvalue weighted by molar-refractivity contribution is 0.281. The van der Waals surface area contributed by atoms with Gasteiger partial charge in [0.2, 0.25) is 0 Å². The topological polar surface area (TPSA) is 55.3 Å². The predicted octanol–water partition coefficient (Wildman–Crippen LogP) is 0.770. The van der Waals surface area contributed by atoms with E-state index in [1.54, 1.807) is 0 Å². The Kier molecular flexibility index (Phi) is 2.84. The normalized spacial score (nSPS) is 23.1. The molecule has 0 bridgehead atoms. The number of hydrogen-bond donors (Lipinski definition) is 1. The van der Waals surface area contributed by atoms with Crippen LogP contribution in [0.2, 0.25) is 0 Å². The summed E-state index contributed by atoms with van der Waals surface area (Å²) >= 11 is 0. The molecule has 4 heteroatoms. The van der Waals surface area contributed by atoms with Gasteiger partial charge in [0.1, 0.15) is 5.76 Å². The lowest BCUT2D eigenvalue weighted by atomic mass is 10.1. The van der Waals surface area contributed by atoms with Crippen molar-refractivity contribution in [1.82, 2.24) is 10.1 Å². The van der Waals surface area contributed by atoms with Crippen molar-refractivity contribution < 1.29 is 4.52 Å². The van der Waals surface area contributed by atoms with E-state index < -0.39 is 0 Å². The van der Waals surface area contributed by atoms with Gasteiger partial charge in [-0.25, -0.2) is 0 Å². The smallest absolute Gasteiger partial charge is 0.138 e. The molecule has 0 radical (unpaired) electrons. The highest BCUT2D eigenvalue weighted by Gasteiger charge is 2.22. The average molecular weight is 195 g/mol. The molecular formula is C10H17N3O. The van der Waals surface area contributed by atoms with E-state index in [2.05, 4.69) is 17.1 Å². The third-order valence-corrected chi connectivity index (χ3v) is 2.93. The van der Waals surface area contributed by atoms with Gasteiger partial charge in [-0.3, -0.25) is 0 Å². The number of likely N-dealkylation sites (tertiary alicyclic amines) is 1. The SMILES string of the molecule is CN1CCCC1Cc1cc(CN)no1. The van der Waals surface area contributed by atoms with Crippen LogP contribution in [0, 0.1) is 0 Å². The first-order valence-corrected chi connectivity index (χ1v) is 5.14. The molecule has 1 aromatic rings. The fourth-order valence-electron chi connectivity index (χ4n) is 2.02. The van der Waals surface area contributed by atoms with Gasteiger partial charge in [-0.15, -0.1) is 0 Å². The minimum absolute atomic E-state index is 0.462. The largest absolute Gasteiger partial charge is 0.361 e. The molecule has 2 rings (SSSR count). The zero-order chi connectivity index (χ0) is 9.97. The summed E-state index contributed by atoms with van der Waals surface area (Å²) in [7, 11) is 2.16. The zero-order valence-corrected chi connectivity index (χ0v) is 8.57. The van der Waals surface area contributed by atoms with E-state index in [9.17, 15) is 0 Å². The molecule has 1 atom stereocenters. The Morgan fingerprint density at radius 1 is 1.71 bits per heavy atom. The Morgan fingerprint density at radius 3 is 3.14 bits per heavy atom. The summed E-state index contributed by atoms with van der Waals surface area (Å²) in [6.07, 6.45) is 3.51. The molecule has 14 heavy (non-hydrogen) atoms. The van der Waals surface area contributed by atoms with Crippen molar-refractivity contribution >= 4 is 0 Å². The molecule has 0 spiro atoms. The maximum atomic E-state index is 5.47. The predicted molar refractivity (Wildman–Crippen MR) is 53.8 cm³/mol. The van der Waals surface area contributed by atoms with Gasteiger partial charge in [0.25, 0.3) is 0 Å². The molecule has 2 N–H and O–H groups in total. The van der Waals surface area contributed by atoms with Gasteiger partial charge in [0, 0.05) is 25.1 Å². The maximum Gasteiger partial charge on any atom is 0.138 e. The van der Waals surface area contributed by atoms with Gasteiger partial charge < -0.3 is 15.2 Å². The van der Waals surface area contributed by atoms with Crippen molar-refractivity contribution in [3.63, 3.8) is 0 Å². The Labute approximate surface area is 84.0 Å². The Bertz CT molecular complexity index is 297. The van der Waals surface area contributed by atoms with Crippen LogP contribution in [0.4, 0.5) is 0 Å². The third kappa shape index (κ3) is 1.96. The van der Waals surface area contributed by atoms with E-state index in [1.165, 1.54) is 19.4 Å². The fraction of sp³-hybridized carbons (Fsp3) is 0.700. The molecule has 1 aliphatic heterocycles. The van der Waals surface area contributed by atoms with Crippen LogP contribution >= 0.6 is 0 Å². The standard InChI is InChI=1S/C10H17N3O/c1-13-4-2-3-9(13)6-10-5-8(7-11)12-14-10/h5,9H,2-4,6-7,11H2,1H3. The molecule has 2 heterocycles. The molecule has 78 valence electrons. The van der Waals surface area contributed by atoms with E-state index in [-0.39, 0.29) is 0 Å². The Morgan fingerprint density at radius 2 is 2.57 bits per heavy atom. The monoisotopic (exact) mass is 195 g/mol. The van der Waals surface area contributed by atoms with Gasteiger partial charge in [-0.1, -0.05) is 5.16 Å². The first-order chi connectivity index (χ1) is 6.79.